The van der Waals surface area contributed by atoms with Gasteiger partial charge in [-0.25, -0.2) is 4.98 Å². The largest absolute Gasteiger partial charge is 0.398 e. The molecule has 17 heavy (non-hydrogen) atoms. The first-order valence-corrected chi connectivity index (χ1v) is 6.08. The van der Waals surface area contributed by atoms with Crippen molar-refractivity contribution in [3.05, 3.63) is 5.69 Å². The van der Waals surface area contributed by atoms with Crippen LogP contribution >= 0.6 is 27.3 Å². The van der Waals surface area contributed by atoms with Gasteiger partial charge in [0, 0.05) is 14.1 Å². The van der Waals surface area contributed by atoms with Gasteiger partial charge in [-0.05, 0) is 22.6 Å². The molecular formula is C9H11BrN4O2S. The standard InChI is InChI=1S/C9H11BrN4O2S/c1-11-8-6(5(7(10)15)13-16-4)12-9(17-8)14(2)3/h1H2,2-4H3. The molecule has 0 atom stereocenters. The van der Waals surface area contributed by atoms with Crippen LogP contribution in [-0.4, -0.2) is 43.3 Å². The first-order valence-electron chi connectivity index (χ1n) is 4.47. The number of aromatic nitrogens is 1. The van der Waals surface area contributed by atoms with Crippen LogP contribution in [0.25, 0.3) is 0 Å². The normalized spacial score (nSPS) is 11.2. The Balaban J connectivity index is 3.32. The average molecular weight is 319 g/mol. The molecule has 6 nitrogen and oxygen atoms in total. The molecule has 0 aliphatic heterocycles. The second-order valence-electron chi connectivity index (χ2n) is 3.10. The number of hydrogen-bond donors (Lipinski definition) is 0. The van der Waals surface area contributed by atoms with Gasteiger partial charge in [-0.15, -0.1) is 0 Å². The maximum Gasteiger partial charge on any atom is 0.252 e. The smallest absolute Gasteiger partial charge is 0.252 e. The Morgan fingerprint density at radius 2 is 2.24 bits per heavy atom. The van der Waals surface area contributed by atoms with Gasteiger partial charge in [0.05, 0.1) is 0 Å². The summed E-state index contributed by atoms with van der Waals surface area (Å²) in [5.74, 6) is 0. The number of halogens is 1. The summed E-state index contributed by atoms with van der Waals surface area (Å²) < 4.78 is -0.417. The highest BCUT2D eigenvalue weighted by Gasteiger charge is 2.21. The van der Waals surface area contributed by atoms with Crippen molar-refractivity contribution in [2.24, 2.45) is 10.1 Å². The van der Waals surface area contributed by atoms with Gasteiger partial charge in [0.25, 0.3) is 4.69 Å². The molecule has 0 spiro atoms. The minimum Gasteiger partial charge on any atom is -0.398 e. The van der Waals surface area contributed by atoms with E-state index in [1.54, 1.807) is 0 Å². The highest BCUT2D eigenvalue weighted by Crippen LogP contribution is 2.33. The molecule has 1 aromatic rings. The molecule has 92 valence electrons. The van der Waals surface area contributed by atoms with Gasteiger partial charge >= 0.3 is 0 Å². The molecule has 1 rings (SSSR count). The molecule has 0 saturated carbocycles. The van der Waals surface area contributed by atoms with Crippen molar-refractivity contribution >= 4 is 54.5 Å². The lowest BCUT2D eigenvalue weighted by Crippen LogP contribution is -2.12. The summed E-state index contributed by atoms with van der Waals surface area (Å²) in [7, 11) is 5.05. The van der Waals surface area contributed by atoms with Crippen LogP contribution in [0.2, 0.25) is 0 Å². The lowest BCUT2D eigenvalue weighted by atomic mass is 10.3. The minimum atomic E-state index is -0.417. The molecule has 1 aromatic heterocycles. The molecule has 0 aromatic carbocycles. The van der Waals surface area contributed by atoms with E-state index in [-0.39, 0.29) is 5.71 Å². The summed E-state index contributed by atoms with van der Waals surface area (Å²) in [6.07, 6.45) is 0. The molecule has 1 heterocycles. The molecule has 0 bridgehead atoms. The van der Waals surface area contributed by atoms with Gasteiger partial charge in [-0.3, -0.25) is 9.79 Å². The molecule has 0 radical (unpaired) electrons. The van der Waals surface area contributed by atoms with Crippen LogP contribution in [0.1, 0.15) is 5.69 Å². The number of carbonyl (C=O) groups excluding carboxylic acids is 1. The third kappa shape index (κ3) is 3.10. The van der Waals surface area contributed by atoms with E-state index in [1.807, 2.05) is 19.0 Å². The van der Waals surface area contributed by atoms with Crippen LogP contribution < -0.4 is 4.90 Å². The maximum absolute atomic E-state index is 11.4. The van der Waals surface area contributed by atoms with Crippen LogP contribution in [0.15, 0.2) is 10.1 Å². The Kier molecular flexibility index (Phi) is 4.76. The molecule has 0 unspecified atom stereocenters. The van der Waals surface area contributed by atoms with Crippen molar-refractivity contribution in [3.63, 3.8) is 0 Å². The van der Waals surface area contributed by atoms with Gasteiger partial charge in [0.2, 0.25) is 0 Å². The van der Waals surface area contributed by atoms with E-state index in [2.05, 4.69) is 42.6 Å². The fraction of sp³-hybridized carbons (Fsp3) is 0.333. The van der Waals surface area contributed by atoms with E-state index in [0.29, 0.717) is 15.8 Å². The van der Waals surface area contributed by atoms with Crippen LogP contribution in [0.3, 0.4) is 0 Å². The zero-order valence-corrected chi connectivity index (χ0v) is 12.0. The molecule has 0 aliphatic carbocycles. The summed E-state index contributed by atoms with van der Waals surface area (Å²) in [6, 6.07) is 0. The van der Waals surface area contributed by atoms with Gasteiger partial charge in [-0.2, -0.15) is 0 Å². The summed E-state index contributed by atoms with van der Waals surface area (Å²) >= 11 is 4.14. The van der Waals surface area contributed by atoms with Gasteiger partial charge in [-0.1, -0.05) is 16.5 Å². The number of nitrogens with zero attached hydrogens (tertiary/aromatic N) is 4. The van der Waals surface area contributed by atoms with Crippen LogP contribution in [0.4, 0.5) is 10.1 Å². The predicted octanol–water partition coefficient (Wildman–Crippen LogP) is 1.81. The monoisotopic (exact) mass is 318 g/mol. The average Bonchev–Trinajstić information content (AvgIpc) is 2.69. The molecule has 0 N–H and O–H groups in total. The van der Waals surface area contributed by atoms with E-state index < -0.39 is 4.69 Å². The zero-order valence-electron chi connectivity index (χ0n) is 9.60. The zero-order chi connectivity index (χ0) is 13.0. The van der Waals surface area contributed by atoms with Crippen LogP contribution in [0.5, 0.6) is 0 Å². The van der Waals surface area contributed by atoms with Crippen molar-refractivity contribution in [1.82, 2.24) is 4.98 Å². The number of thiazole rings is 1. The fourth-order valence-electron chi connectivity index (χ4n) is 1.02. The molecule has 0 amide bonds. The maximum atomic E-state index is 11.4. The molecule has 8 heteroatoms. The summed E-state index contributed by atoms with van der Waals surface area (Å²) in [5.41, 5.74) is 0.427. The third-order valence-electron chi connectivity index (χ3n) is 1.72. The summed E-state index contributed by atoms with van der Waals surface area (Å²) in [6.45, 7) is 3.45. The number of hydrogen-bond acceptors (Lipinski definition) is 7. The third-order valence-corrected chi connectivity index (χ3v) is 3.25. The fourth-order valence-corrected chi connectivity index (χ4v) is 2.07. The number of rotatable bonds is 5. The lowest BCUT2D eigenvalue weighted by Gasteiger charge is -2.05. The second kappa shape index (κ2) is 5.87. The van der Waals surface area contributed by atoms with Crippen LogP contribution in [0, 0.1) is 0 Å². The highest BCUT2D eigenvalue weighted by molar-refractivity contribution is 9.19. The van der Waals surface area contributed by atoms with Gasteiger partial charge < -0.3 is 9.74 Å². The summed E-state index contributed by atoms with van der Waals surface area (Å²) in [5, 5.41) is 4.87. The number of anilines is 1. The predicted molar refractivity (Wildman–Crippen MR) is 73.1 cm³/mol. The van der Waals surface area contributed by atoms with Crippen LogP contribution in [-0.2, 0) is 9.63 Å². The van der Waals surface area contributed by atoms with Crippen molar-refractivity contribution in [2.45, 2.75) is 0 Å². The van der Waals surface area contributed by atoms with Gasteiger partial charge in [0.15, 0.2) is 10.8 Å². The number of aliphatic imine (C=N–C) groups is 1. The Bertz CT molecular complexity index is 470. The Hall–Kier alpha value is -1.28. The molecular weight excluding hydrogens is 308 g/mol. The number of oxime groups is 1. The Morgan fingerprint density at radius 3 is 2.65 bits per heavy atom. The quantitative estimate of drug-likeness (QED) is 0.472. The van der Waals surface area contributed by atoms with E-state index in [0.717, 1.165) is 0 Å². The van der Waals surface area contributed by atoms with Crippen molar-refractivity contribution < 1.29 is 9.63 Å². The first kappa shape index (κ1) is 13.8. The second-order valence-corrected chi connectivity index (χ2v) is 4.78. The molecule has 0 fully saturated rings. The van der Waals surface area contributed by atoms with E-state index in [9.17, 15) is 4.79 Å². The van der Waals surface area contributed by atoms with E-state index in [4.69, 9.17) is 0 Å². The summed E-state index contributed by atoms with van der Waals surface area (Å²) in [4.78, 5) is 25.9. The lowest BCUT2D eigenvalue weighted by molar-refractivity contribution is -0.105. The van der Waals surface area contributed by atoms with Crippen molar-refractivity contribution in [1.29, 1.82) is 0 Å². The van der Waals surface area contributed by atoms with Crippen molar-refractivity contribution in [3.8, 4) is 0 Å². The van der Waals surface area contributed by atoms with Gasteiger partial charge in [0.1, 0.15) is 17.8 Å². The molecule has 0 saturated heterocycles. The first-order chi connectivity index (χ1) is 8.01. The highest BCUT2D eigenvalue weighted by atomic mass is 79.9. The minimum absolute atomic E-state index is 0.0688. The van der Waals surface area contributed by atoms with Crippen molar-refractivity contribution in [2.75, 3.05) is 26.1 Å². The Labute approximate surface area is 111 Å². The topological polar surface area (TPSA) is 67.2 Å². The number of carbonyl (C=O) groups is 1. The SMILES string of the molecule is C=Nc1sc(N(C)C)nc1C(=NOC)C(=O)Br. The Morgan fingerprint density at radius 1 is 1.59 bits per heavy atom. The molecule has 0 aliphatic rings. The van der Waals surface area contributed by atoms with E-state index >= 15 is 0 Å². The van der Waals surface area contributed by atoms with E-state index in [1.165, 1.54) is 18.4 Å².